The molecule has 0 bridgehead atoms. The molecule has 40 heavy (non-hydrogen) atoms. The fourth-order valence-corrected chi connectivity index (χ4v) is 4.84. The third kappa shape index (κ3) is 5.31. The van der Waals surface area contributed by atoms with Crippen molar-refractivity contribution in [2.24, 2.45) is 0 Å². The quantitative estimate of drug-likeness (QED) is 0.230. The molecule has 2 atom stereocenters. The van der Waals surface area contributed by atoms with E-state index in [9.17, 15) is 8.76 Å². The van der Waals surface area contributed by atoms with Gasteiger partial charge in [-0.05, 0) is 37.3 Å². The lowest BCUT2D eigenvalue weighted by Crippen LogP contribution is -2.26. The molecular formula is C26H24ClN7O5S. The van der Waals surface area contributed by atoms with Crippen molar-refractivity contribution in [1.29, 1.82) is 0 Å². The van der Waals surface area contributed by atoms with Crippen LogP contribution in [0.3, 0.4) is 0 Å². The number of nitrogens with one attached hydrogen (secondary N) is 1. The van der Waals surface area contributed by atoms with E-state index in [4.69, 9.17) is 35.8 Å². The van der Waals surface area contributed by atoms with Gasteiger partial charge in [0.15, 0.2) is 22.3 Å². The van der Waals surface area contributed by atoms with E-state index in [0.717, 1.165) is 0 Å². The van der Waals surface area contributed by atoms with E-state index in [2.05, 4.69) is 19.7 Å². The number of pyridine rings is 2. The second-order valence-corrected chi connectivity index (χ2v) is 9.27. The van der Waals surface area contributed by atoms with Crippen LogP contribution in [0.5, 0.6) is 17.4 Å². The summed E-state index contributed by atoms with van der Waals surface area (Å²) in [6, 6.07) is 14.8. The maximum Gasteiger partial charge on any atom is 0.232 e. The summed E-state index contributed by atoms with van der Waals surface area (Å²) in [5.74, 6) is 1.71. The predicted molar refractivity (Wildman–Crippen MR) is 149 cm³/mol. The zero-order chi connectivity index (χ0) is 28.2. The van der Waals surface area contributed by atoms with Gasteiger partial charge in [-0.15, -0.1) is 0 Å². The van der Waals surface area contributed by atoms with Crippen molar-refractivity contribution in [2.45, 2.75) is 13.0 Å². The van der Waals surface area contributed by atoms with Gasteiger partial charge in [-0.25, -0.2) is 24.1 Å². The zero-order valence-corrected chi connectivity index (χ0v) is 23.2. The van der Waals surface area contributed by atoms with Gasteiger partial charge in [0.25, 0.3) is 0 Å². The van der Waals surface area contributed by atoms with Crippen molar-refractivity contribution in [3.05, 3.63) is 77.3 Å². The van der Waals surface area contributed by atoms with Crippen LogP contribution in [0.15, 0.2) is 60.8 Å². The maximum absolute atomic E-state index is 11.9. The molecule has 0 aliphatic rings. The first kappa shape index (κ1) is 27.4. The van der Waals surface area contributed by atoms with Gasteiger partial charge in [-0.3, -0.25) is 14.1 Å². The van der Waals surface area contributed by atoms with E-state index in [1.807, 2.05) is 6.92 Å². The van der Waals surface area contributed by atoms with Crippen molar-refractivity contribution in [3.8, 4) is 34.6 Å². The third-order valence-electron chi connectivity index (χ3n) is 5.82. The summed E-state index contributed by atoms with van der Waals surface area (Å²) in [7, 11) is 3.08. The molecule has 0 amide bonds. The van der Waals surface area contributed by atoms with Gasteiger partial charge in [0.05, 0.1) is 26.5 Å². The van der Waals surface area contributed by atoms with E-state index in [1.54, 1.807) is 65.4 Å². The monoisotopic (exact) mass is 581 g/mol. The SMILES string of the molecule is CCOc1cccc(-c2nc3nc(Cl)c(C(NS(=O)O)c4ccccn4)nc3n2-c2c(OC)cccc2OC)n1. The van der Waals surface area contributed by atoms with Gasteiger partial charge in [-0.1, -0.05) is 29.8 Å². The molecule has 12 nitrogen and oxygen atoms in total. The zero-order valence-electron chi connectivity index (χ0n) is 21.6. The fraction of sp³-hybridized carbons (Fsp3) is 0.192. The van der Waals surface area contributed by atoms with Crippen LogP contribution < -0.4 is 18.9 Å². The highest BCUT2D eigenvalue weighted by molar-refractivity contribution is 7.77. The molecule has 206 valence electrons. The average Bonchev–Trinajstić information content (AvgIpc) is 3.33. The summed E-state index contributed by atoms with van der Waals surface area (Å²) in [4.78, 5) is 23.0. The number of hydrogen-bond donors (Lipinski definition) is 2. The van der Waals surface area contributed by atoms with E-state index >= 15 is 0 Å². The Kier molecular flexibility index (Phi) is 8.16. The second kappa shape index (κ2) is 11.9. The first-order valence-electron chi connectivity index (χ1n) is 12.0. The third-order valence-corrected chi connectivity index (χ3v) is 6.54. The van der Waals surface area contributed by atoms with Crippen LogP contribution in [0.25, 0.3) is 28.5 Å². The molecule has 0 aliphatic heterocycles. The number of imidazole rings is 1. The lowest BCUT2D eigenvalue weighted by Gasteiger charge is -2.18. The van der Waals surface area contributed by atoms with Gasteiger partial charge in [-0.2, -0.15) is 4.72 Å². The summed E-state index contributed by atoms with van der Waals surface area (Å²) >= 11 is 4.19. The van der Waals surface area contributed by atoms with Crippen molar-refractivity contribution in [2.75, 3.05) is 20.8 Å². The number of ether oxygens (including phenoxy) is 3. The molecule has 4 aromatic heterocycles. The molecule has 2 N–H and O–H groups in total. The highest BCUT2D eigenvalue weighted by atomic mass is 35.5. The van der Waals surface area contributed by atoms with Crippen LogP contribution in [0.2, 0.25) is 5.15 Å². The normalized spacial score (nSPS) is 12.7. The van der Waals surface area contributed by atoms with Gasteiger partial charge in [0, 0.05) is 12.3 Å². The molecule has 0 aliphatic carbocycles. The molecule has 0 saturated carbocycles. The van der Waals surface area contributed by atoms with Gasteiger partial charge in [0.1, 0.15) is 34.6 Å². The Bertz CT molecular complexity index is 1660. The standard InChI is InChI=1S/C26H24ClN7O5S/c1-4-39-19-13-7-10-16(29-19)25-32-24-26(34(25)22-17(37-2)11-8-12-18(22)38-3)30-21(23(27)31-24)20(33-40(35)36)15-9-5-6-14-28-15/h5-14,20,33H,4H2,1-3H3,(H,35,36). The lowest BCUT2D eigenvalue weighted by atomic mass is 10.1. The minimum Gasteiger partial charge on any atom is -0.494 e. The minimum absolute atomic E-state index is 0.0275. The number of halogens is 1. The van der Waals surface area contributed by atoms with Crippen LogP contribution in [-0.2, 0) is 11.3 Å². The summed E-state index contributed by atoms with van der Waals surface area (Å²) in [5, 5.41) is -0.0275. The molecule has 2 unspecified atom stereocenters. The van der Waals surface area contributed by atoms with Crippen LogP contribution in [-0.4, -0.2) is 59.1 Å². The lowest BCUT2D eigenvalue weighted by molar-refractivity contribution is 0.327. The number of hydrogen-bond acceptors (Lipinski definition) is 9. The summed E-state index contributed by atoms with van der Waals surface area (Å²) in [6.07, 6.45) is 1.56. The smallest absolute Gasteiger partial charge is 0.232 e. The van der Waals surface area contributed by atoms with Crippen LogP contribution >= 0.6 is 11.6 Å². The second-order valence-electron chi connectivity index (χ2n) is 8.18. The van der Waals surface area contributed by atoms with Crippen molar-refractivity contribution >= 4 is 34.2 Å². The highest BCUT2D eigenvalue weighted by Gasteiger charge is 2.28. The number of benzene rings is 1. The predicted octanol–water partition coefficient (Wildman–Crippen LogP) is 4.16. The average molecular weight is 582 g/mol. The van der Waals surface area contributed by atoms with Crippen LogP contribution in [0.1, 0.15) is 24.4 Å². The molecule has 4 heterocycles. The largest absolute Gasteiger partial charge is 0.494 e. The molecule has 0 fully saturated rings. The number of rotatable bonds is 10. The van der Waals surface area contributed by atoms with E-state index < -0.39 is 17.3 Å². The van der Waals surface area contributed by atoms with Gasteiger partial charge >= 0.3 is 0 Å². The van der Waals surface area contributed by atoms with E-state index in [1.165, 1.54) is 14.2 Å². The molecule has 14 heteroatoms. The molecule has 0 saturated heterocycles. The topological polar surface area (TPSA) is 146 Å². The van der Waals surface area contributed by atoms with Crippen LogP contribution in [0, 0.1) is 0 Å². The van der Waals surface area contributed by atoms with Gasteiger partial charge < -0.3 is 14.2 Å². The molecule has 1 aromatic carbocycles. The van der Waals surface area contributed by atoms with Crippen molar-refractivity contribution < 1.29 is 23.0 Å². The first-order valence-corrected chi connectivity index (χ1v) is 13.5. The van der Waals surface area contributed by atoms with E-state index in [-0.39, 0.29) is 22.1 Å². The molecule has 5 rings (SSSR count). The summed E-state index contributed by atoms with van der Waals surface area (Å²) in [6.45, 7) is 2.30. The first-order chi connectivity index (χ1) is 19.4. The number of nitrogens with zero attached hydrogens (tertiary/aromatic N) is 6. The minimum atomic E-state index is -2.42. The van der Waals surface area contributed by atoms with Crippen LogP contribution in [0.4, 0.5) is 0 Å². The molecule has 0 spiro atoms. The Hall–Kier alpha value is -4.17. The summed E-state index contributed by atoms with van der Waals surface area (Å²) in [5.41, 5.74) is 1.99. The number of methoxy groups -OCH3 is 2. The Labute approximate surface area is 236 Å². The van der Waals surface area contributed by atoms with E-state index in [0.29, 0.717) is 46.9 Å². The maximum atomic E-state index is 11.9. The molecule has 0 radical (unpaired) electrons. The Morgan fingerprint density at radius 2 is 1.75 bits per heavy atom. The highest BCUT2D eigenvalue weighted by Crippen LogP contribution is 2.39. The van der Waals surface area contributed by atoms with Gasteiger partial charge in [0.2, 0.25) is 17.1 Å². The molecule has 5 aromatic rings. The van der Waals surface area contributed by atoms with Crippen molar-refractivity contribution in [1.82, 2.24) is 34.2 Å². The number of fused-ring (bicyclic) bond motifs is 1. The Morgan fingerprint density at radius 1 is 1.00 bits per heavy atom. The van der Waals surface area contributed by atoms with Crippen molar-refractivity contribution in [3.63, 3.8) is 0 Å². The fourth-order valence-electron chi connectivity index (χ4n) is 4.18. The summed E-state index contributed by atoms with van der Waals surface area (Å²) < 4.78 is 42.8. The number of aromatic nitrogens is 6. The molecular weight excluding hydrogens is 558 g/mol. The Balaban J connectivity index is 1.84. The Morgan fingerprint density at radius 3 is 2.40 bits per heavy atom. The number of para-hydroxylation sites is 1.